The van der Waals surface area contributed by atoms with Crippen LogP contribution in [0.3, 0.4) is 0 Å². The SMILES string of the molecule is COc1cccc(Oc2coc3c(C[NH+]4CCCCC4)c([O-])ccc3c2=O)c1. The molecule has 0 atom stereocenters. The first kappa shape index (κ1) is 18.4. The van der Waals surface area contributed by atoms with E-state index in [1.807, 2.05) is 0 Å². The van der Waals surface area contributed by atoms with E-state index in [0.717, 1.165) is 25.9 Å². The van der Waals surface area contributed by atoms with E-state index in [2.05, 4.69) is 0 Å². The van der Waals surface area contributed by atoms with E-state index in [-0.39, 0.29) is 16.9 Å². The van der Waals surface area contributed by atoms with Gasteiger partial charge in [-0.1, -0.05) is 17.9 Å². The zero-order chi connectivity index (χ0) is 19.5. The van der Waals surface area contributed by atoms with Gasteiger partial charge in [0.15, 0.2) is 0 Å². The number of ether oxygens (including phenoxy) is 2. The molecule has 0 amide bonds. The van der Waals surface area contributed by atoms with Crippen LogP contribution >= 0.6 is 0 Å². The smallest absolute Gasteiger partial charge is 0.235 e. The predicted molar refractivity (Wildman–Crippen MR) is 103 cm³/mol. The normalized spacial score (nSPS) is 14.9. The van der Waals surface area contributed by atoms with Crippen LogP contribution in [0.5, 0.6) is 23.0 Å². The van der Waals surface area contributed by atoms with Gasteiger partial charge in [0, 0.05) is 11.6 Å². The molecule has 1 fully saturated rings. The van der Waals surface area contributed by atoms with Crippen molar-refractivity contribution in [2.75, 3.05) is 20.2 Å². The molecule has 1 saturated heterocycles. The lowest BCUT2D eigenvalue weighted by Crippen LogP contribution is -3.11. The number of hydrogen-bond acceptors (Lipinski definition) is 5. The molecule has 0 unspecified atom stereocenters. The highest BCUT2D eigenvalue weighted by Crippen LogP contribution is 2.28. The van der Waals surface area contributed by atoms with Gasteiger partial charge < -0.3 is 23.9 Å². The van der Waals surface area contributed by atoms with E-state index in [4.69, 9.17) is 13.9 Å². The van der Waals surface area contributed by atoms with Gasteiger partial charge in [0.1, 0.15) is 29.9 Å². The van der Waals surface area contributed by atoms with E-state index in [9.17, 15) is 9.90 Å². The second-order valence-corrected chi connectivity index (χ2v) is 7.12. The van der Waals surface area contributed by atoms with Crippen LogP contribution in [0.25, 0.3) is 11.0 Å². The highest BCUT2D eigenvalue weighted by Gasteiger charge is 2.19. The van der Waals surface area contributed by atoms with Crippen LogP contribution in [0.4, 0.5) is 0 Å². The van der Waals surface area contributed by atoms with Crippen molar-refractivity contribution in [3.8, 4) is 23.0 Å². The maximum absolute atomic E-state index is 12.9. The Hall–Kier alpha value is -2.99. The van der Waals surface area contributed by atoms with E-state index in [0.29, 0.717) is 34.6 Å². The maximum Gasteiger partial charge on any atom is 0.235 e. The lowest BCUT2D eigenvalue weighted by atomic mass is 10.1. The van der Waals surface area contributed by atoms with Gasteiger partial charge in [-0.15, -0.1) is 0 Å². The van der Waals surface area contributed by atoms with Crippen LogP contribution in [-0.4, -0.2) is 20.2 Å². The standard InChI is InChI=1S/C22H23NO5/c1-26-15-6-5-7-16(12-15)28-20-14-27-22-17(21(20)25)8-9-19(24)18(22)13-23-10-3-2-4-11-23/h5-9,12,14,24H,2-4,10-11,13H2,1H3. The molecule has 6 heteroatoms. The number of methoxy groups -OCH3 is 1. The number of quaternary nitrogens is 1. The van der Waals surface area contributed by atoms with E-state index in [1.165, 1.54) is 29.7 Å². The van der Waals surface area contributed by atoms with Crippen LogP contribution < -0.4 is 24.9 Å². The summed E-state index contributed by atoms with van der Waals surface area (Å²) in [6, 6.07) is 9.97. The third kappa shape index (κ3) is 3.68. The summed E-state index contributed by atoms with van der Waals surface area (Å²) in [5, 5.41) is 12.8. The molecule has 0 bridgehead atoms. The number of fused-ring (bicyclic) bond motifs is 1. The van der Waals surface area contributed by atoms with Gasteiger partial charge in [-0.2, -0.15) is 0 Å². The minimum atomic E-state index is -0.293. The molecule has 1 aliphatic rings. The largest absolute Gasteiger partial charge is 0.872 e. The van der Waals surface area contributed by atoms with Gasteiger partial charge in [0.05, 0.1) is 25.6 Å². The zero-order valence-electron chi connectivity index (χ0n) is 15.8. The molecular formula is C22H23NO5. The van der Waals surface area contributed by atoms with Crippen LogP contribution in [0.15, 0.2) is 51.9 Å². The third-order valence-electron chi connectivity index (χ3n) is 5.23. The number of benzene rings is 2. The minimum absolute atomic E-state index is 0.0793. The number of nitrogens with one attached hydrogen (secondary N) is 1. The molecule has 1 aliphatic heterocycles. The van der Waals surface area contributed by atoms with Gasteiger partial charge in [0.25, 0.3) is 0 Å². The average molecular weight is 381 g/mol. The summed E-state index contributed by atoms with van der Waals surface area (Å²) in [4.78, 5) is 14.3. The van der Waals surface area contributed by atoms with Crippen molar-refractivity contribution in [2.24, 2.45) is 0 Å². The van der Waals surface area contributed by atoms with Crippen LogP contribution in [0.1, 0.15) is 24.8 Å². The Morgan fingerprint density at radius 3 is 2.68 bits per heavy atom. The molecule has 3 aromatic rings. The molecule has 1 N–H and O–H groups in total. The van der Waals surface area contributed by atoms with Crippen molar-refractivity contribution >= 4 is 11.0 Å². The van der Waals surface area contributed by atoms with Crippen molar-refractivity contribution in [3.63, 3.8) is 0 Å². The molecule has 0 radical (unpaired) electrons. The maximum atomic E-state index is 12.9. The molecule has 2 aromatic carbocycles. The number of hydrogen-bond donors (Lipinski definition) is 1. The second-order valence-electron chi connectivity index (χ2n) is 7.12. The molecule has 4 rings (SSSR count). The fraction of sp³-hybridized carbons (Fsp3) is 0.318. The number of piperidine rings is 1. The van der Waals surface area contributed by atoms with Crippen LogP contribution in [-0.2, 0) is 6.54 Å². The molecule has 146 valence electrons. The fourth-order valence-corrected chi connectivity index (χ4v) is 3.73. The highest BCUT2D eigenvalue weighted by atomic mass is 16.5. The summed E-state index contributed by atoms with van der Waals surface area (Å²) in [7, 11) is 1.57. The summed E-state index contributed by atoms with van der Waals surface area (Å²) in [5.41, 5.74) is 0.645. The van der Waals surface area contributed by atoms with E-state index >= 15 is 0 Å². The molecule has 2 heterocycles. The summed E-state index contributed by atoms with van der Waals surface area (Å²) in [5.74, 6) is 1.10. The Labute approximate surface area is 162 Å². The topological polar surface area (TPSA) is 76.2 Å². The van der Waals surface area contributed by atoms with E-state index < -0.39 is 0 Å². The number of likely N-dealkylation sites (tertiary alicyclic amines) is 1. The summed E-state index contributed by atoms with van der Waals surface area (Å²) in [6.07, 6.45) is 4.86. The van der Waals surface area contributed by atoms with Gasteiger partial charge >= 0.3 is 0 Å². The quantitative estimate of drug-likeness (QED) is 0.734. The highest BCUT2D eigenvalue weighted by molar-refractivity contribution is 5.82. The van der Waals surface area contributed by atoms with Crippen LogP contribution in [0.2, 0.25) is 0 Å². The van der Waals surface area contributed by atoms with Crippen molar-refractivity contribution < 1.29 is 23.9 Å². The zero-order valence-corrected chi connectivity index (χ0v) is 15.8. The predicted octanol–water partition coefficient (Wildman–Crippen LogP) is 2.24. The first-order chi connectivity index (χ1) is 13.7. The first-order valence-electron chi connectivity index (χ1n) is 9.55. The summed E-state index contributed by atoms with van der Waals surface area (Å²) < 4.78 is 16.6. The second kappa shape index (κ2) is 7.94. The van der Waals surface area contributed by atoms with Gasteiger partial charge in [0.2, 0.25) is 11.2 Å². The van der Waals surface area contributed by atoms with E-state index in [1.54, 1.807) is 31.4 Å². The minimum Gasteiger partial charge on any atom is -0.872 e. The average Bonchev–Trinajstić information content (AvgIpc) is 2.73. The van der Waals surface area contributed by atoms with Crippen molar-refractivity contribution in [1.82, 2.24) is 0 Å². The molecule has 0 saturated carbocycles. The monoisotopic (exact) mass is 381 g/mol. The van der Waals surface area contributed by atoms with Gasteiger partial charge in [-0.3, -0.25) is 4.79 Å². The molecule has 0 aliphatic carbocycles. The molecular weight excluding hydrogens is 358 g/mol. The Morgan fingerprint density at radius 1 is 1.11 bits per heavy atom. The number of rotatable bonds is 5. The first-order valence-corrected chi connectivity index (χ1v) is 9.55. The molecule has 6 nitrogen and oxygen atoms in total. The van der Waals surface area contributed by atoms with Gasteiger partial charge in [-0.25, -0.2) is 0 Å². The summed E-state index contributed by atoms with van der Waals surface area (Å²) >= 11 is 0. The lowest BCUT2D eigenvalue weighted by Gasteiger charge is -2.25. The van der Waals surface area contributed by atoms with Crippen molar-refractivity contribution in [2.45, 2.75) is 25.8 Å². The molecule has 1 aromatic heterocycles. The van der Waals surface area contributed by atoms with Crippen molar-refractivity contribution in [3.05, 3.63) is 58.4 Å². The fourth-order valence-electron chi connectivity index (χ4n) is 3.73. The Balaban J connectivity index is 1.69. The third-order valence-corrected chi connectivity index (χ3v) is 5.23. The lowest BCUT2D eigenvalue weighted by molar-refractivity contribution is -0.918. The molecule has 0 spiro atoms. The van der Waals surface area contributed by atoms with Crippen LogP contribution in [0, 0.1) is 0 Å². The van der Waals surface area contributed by atoms with Gasteiger partial charge in [-0.05, 0) is 37.5 Å². The Kier molecular flexibility index (Phi) is 5.21. The Morgan fingerprint density at radius 2 is 1.89 bits per heavy atom. The Bertz CT molecular complexity index is 1040. The van der Waals surface area contributed by atoms with Crippen molar-refractivity contribution in [1.29, 1.82) is 0 Å². The summed E-state index contributed by atoms with van der Waals surface area (Å²) in [6.45, 7) is 2.66. The molecule has 28 heavy (non-hydrogen) atoms.